The average Bonchev–Trinajstić information content (AvgIpc) is 2.61. The Labute approximate surface area is 136 Å². The van der Waals surface area contributed by atoms with Gasteiger partial charge in [0.1, 0.15) is 5.75 Å². The first-order valence-electron chi connectivity index (χ1n) is 7.66. The molecule has 0 aliphatic carbocycles. The van der Waals surface area contributed by atoms with E-state index < -0.39 is 0 Å². The van der Waals surface area contributed by atoms with Gasteiger partial charge in [0, 0.05) is 37.6 Å². The van der Waals surface area contributed by atoms with Crippen molar-refractivity contribution in [3.63, 3.8) is 0 Å². The largest absolute Gasteiger partial charge is 0.496 e. The lowest BCUT2D eigenvalue weighted by atomic mass is 10.2. The highest BCUT2D eigenvalue weighted by Gasteiger charge is 2.10. The number of nitrogens with one attached hydrogen (secondary N) is 1. The van der Waals surface area contributed by atoms with Gasteiger partial charge in [0.2, 0.25) is 5.95 Å². The molecule has 0 unspecified atom stereocenters. The van der Waals surface area contributed by atoms with Gasteiger partial charge in [-0.3, -0.25) is 4.79 Å². The van der Waals surface area contributed by atoms with Crippen molar-refractivity contribution in [3.05, 3.63) is 47.8 Å². The smallest absolute Gasteiger partial charge is 0.254 e. The Balaban J connectivity index is 2.01. The topological polar surface area (TPSA) is 67.4 Å². The average molecular weight is 314 g/mol. The van der Waals surface area contributed by atoms with Gasteiger partial charge in [-0.25, -0.2) is 9.97 Å². The van der Waals surface area contributed by atoms with E-state index >= 15 is 0 Å². The summed E-state index contributed by atoms with van der Waals surface area (Å²) in [7, 11) is 1.61. The molecule has 1 aromatic heterocycles. The molecule has 0 saturated heterocycles. The number of aromatic nitrogens is 2. The second-order valence-electron chi connectivity index (χ2n) is 4.94. The van der Waals surface area contributed by atoms with E-state index in [-0.39, 0.29) is 5.91 Å². The van der Waals surface area contributed by atoms with Crippen LogP contribution in [0.15, 0.2) is 36.7 Å². The lowest BCUT2D eigenvalue weighted by molar-refractivity contribution is 0.0950. The van der Waals surface area contributed by atoms with Crippen LogP contribution in [0.1, 0.15) is 29.8 Å². The van der Waals surface area contributed by atoms with Gasteiger partial charge in [0.25, 0.3) is 5.91 Å². The number of methoxy groups -OCH3 is 1. The standard InChI is InChI=1S/C17H22N4O2/c1-4-21(5-2)17-19-11-14(12-20-17)16(22)18-10-13-8-6-7-9-15(13)23-3/h6-9,11-12H,4-5,10H2,1-3H3,(H,18,22). The molecule has 0 bridgehead atoms. The predicted molar refractivity (Wildman–Crippen MR) is 89.8 cm³/mol. The molecular weight excluding hydrogens is 292 g/mol. The molecule has 1 aromatic carbocycles. The third-order valence-corrected chi connectivity index (χ3v) is 3.58. The number of para-hydroxylation sites is 1. The number of hydrogen-bond acceptors (Lipinski definition) is 5. The fraction of sp³-hybridized carbons (Fsp3) is 0.353. The molecule has 0 radical (unpaired) electrons. The van der Waals surface area contributed by atoms with Crippen molar-refractivity contribution in [3.8, 4) is 5.75 Å². The van der Waals surface area contributed by atoms with Crippen LogP contribution in [0, 0.1) is 0 Å². The molecule has 0 fully saturated rings. The monoisotopic (exact) mass is 314 g/mol. The Hall–Kier alpha value is -2.63. The summed E-state index contributed by atoms with van der Waals surface area (Å²) in [5.74, 6) is 1.18. The number of amides is 1. The molecule has 0 saturated carbocycles. The van der Waals surface area contributed by atoms with Crippen LogP contribution in [0.5, 0.6) is 5.75 Å². The Kier molecular flexibility index (Phi) is 5.91. The molecular formula is C17H22N4O2. The van der Waals surface area contributed by atoms with Gasteiger partial charge in [-0.1, -0.05) is 18.2 Å². The maximum absolute atomic E-state index is 12.2. The van der Waals surface area contributed by atoms with E-state index in [2.05, 4.69) is 15.3 Å². The molecule has 1 heterocycles. The molecule has 1 N–H and O–H groups in total. The maximum Gasteiger partial charge on any atom is 0.254 e. The zero-order valence-corrected chi connectivity index (χ0v) is 13.7. The fourth-order valence-corrected chi connectivity index (χ4v) is 2.23. The zero-order valence-electron chi connectivity index (χ0n) is 13.7. The quantitative estimate of drug-likeness (QED) is 0.849. The van der Waals surface area contributed by atoms with E-state index in [9.17, 15) is 4.79 Å². The maximum atomic E-state index is 12.2. The summed E-state index contributed by atoms with van der Waals surface area (Å²) >= 11 is 0. The highest BCUT2D eigenvalue weighted by Crippen LogP contribution is 2.16. The SMILES string of the molecule is CCN(CC)c1ncc(C(=O)NCc2ccccc2OC)cn1. The zero-order chi connectivity index (χ0) is 16.7. The van der Waals surface area contributed by atoms with Crippen molar-refractivity contribution in [1.29, 1.82) is 0 Å². The molecule has 6 heteroatoms. The van der Waals surface area contributed by atoms with Crippen molar-refractivity contribution in [2.24, 2.45) is 0 Å². The Morgan fingerprint density at radius 2 is 1.83 bits per heavy atom. The summed E-state index contributed by atoms with van der Waals surface area (Å²) in [4.78, 5) is 22.7. The Bertz CT molecular complexity index is 639. The lowest BCUT2D eigenvalue weighted by Gasteiger charge is -2.18. The van der Waals surface area contributed by atoms with Crippen LogP contribution in [0.4, 0.5) is 5.95 Å². The van der Waals surface area contributed by atoms with Crippen molar-refractivity contribution >= 4 is 11.9 Å². The van der Waals surface area contributed by atoms with Crippen LogP contribution in [-0.2, 0) is 6.54 Å². The number of anilines is 1. The van der Waals surface area contributed by atoms with E-state index in [1.807, 2.05) is 43.0 Å². The highest BCUT2D eigenvalue weighted by molar-refractivity contribution is 5.93. The number of carbonyl (C=O) groups is 1. The number of carbonyl (C=O) groups excluding carboxylic acids is 1. The summed E-state index contributed by atoms with van der Waals surface area (Å²) in [6, 6.07) is 7.58. The third-order valence-electron chi connectivity index (χ3n) is 3.58. The number of nitrogens with zero attached hydrogens (tertiary/aromatic N) is 3. The van der Waals surface area contributed by atoms with Gasteiger partial charge in [-0.05, 0) is 19.9 Å². The molecule has 6 nitrogen and oxygen atoms in total. The molecule has 122 valence electrons. The first-order chi connectivity index (χ1) is 11.2. The van der Waals surface area contributed by atoms with Crippen LogP contribution in [0.25, 0.3) is 0 Å². The molecule has 2 rings (SSSR count). The minimum Gasteiger partial charge on any atom is -0.496 e. The van der Waals surface area contributed by atoms with Crippen LogP contribution in [0.3, 0.4) is 0 Å². The number of rotatable bonds is 7. The van der Waals surface area contributed by atoms with Crippen molar-refractivity contribution in [2.75, 3.05) is 25.1 Å². The number of benzene rings is 1. The summed E-state index contributed by atoms with van der Waals surface area (Å²) in [5, 5.41) is 2.85. The number of hydrogen-bond donors (Lipinski definition) is 1. The summed E-state index contributed by atoms with van der Waals surface area (Å²) in [6.07, 6.45) is 3.11. The molecule has 23 heavy (non-hydrogen) atoms. The first kappa shape index (κ1) is 16.7. The third kappa shape index (κ3) is 4.18. The predicted octanol–water partition coefficient (Wildman–Crippen LogP) is 2.26. The first-order valence-corrected chi connectivity index (χ1v) is 7.66. The minimum absolute atomic E-state index is 0.206. The second-order valence-corrected chi connectivity index (χ2v) is 4.94. The van der Waals surface area contributed by atoms with Crippen LogP contribution in [-0.4, -0.2) is 36.1 Å². The van der Waals surface area contributed by atoms with E-state index in [0.29, 0.717) is 18.1 Å². The molecule has 0 spiro atoms. The van der Waals surface area contributed by atoms with Crippen LogP contribution < -0.4 is 15.0 Å². The lowest BCUT2D eigenvalue weighted by Crippen LogP contribution is -2.26. The van der Waals surface area contributed by atoms with Crippen LogP contribution in [0.2, 0.25) is 0 Å². The van der Waals surface area contributed by atoms with Gasteiger partial charge in [0.15, 0.2) is 0 Å². The second kappa shape index (κ2) is 8.12. The van der Waals surface area contributed by atoms with E-state index in [0.717, 1.165) is 24.4 Å². The highest BCUT2D eigenvalue weighted by atomic mass is 16.5. The van der Waals surface area contributed by atoms with Crippen molar-refractivity contribution in [1.82, 2.24) is 15.3 Å². The summed E-state index contributed by atoms with van der Waals surface area (Å²) < 4.78 is 5.27. The Morgan fingerprint density at radius 1 is 1.17 bits per heavy atom. The van der Waals surface area contributed by atoms with Crippen LogP contribution >= 0.6 is 0 Å². The molecule has 0 aliphatic heterocycles. The van der Waals surface area contributed by atoms with Gasteiger partial charge in [-0.2, -0.15) is 0 Å². The normalized spacial score (nSPS) is 10.2. The number of ether oxygens (including phenoxy) is 1. The summed E-state index contributed by atoms with van der Waals surface area (Å²) in [6.45, 7) is 6.13. The van der Waals surface area contributed by atoms with Crippen molar-refractivity contribution < 1.29 is 9.53 Å². The van der Waals surface area contributed by atoms with E-state index in [4.69, 9.17) is 4.74 Å². The summed E-state index contributed by atoms with van der Waals surface area (Å²) in [5.41, 5.74) is 1.36. The van der Waals surface area contributed by atoms with E-state index in [1.165, 1.54) is 0 Å². The molecule has 0 atom stereocenters. The van der Waals surface area contributed by atoms with Gasteiger partial charge in [0.05, 0.1) is 12.7 Å². The molecule has 1 amide bonds. The van der Waals surface area contributed by atoms with Gasteiger partial charge in [-0.15, -0.1) is 0 Å². The molecule has 2 aromatic rings. The van der Waals surface area contributed by atoms with Gasteiger partial charge < -0.3 is 15.0 Å². The minimum atomic E-state index is -0.206. The Morgan fingerprint density at radius 3 is 2.43 bits per heavy atom. The fourth-order valence-electron chi connectivity index (χ4n) is 2.23. The van der Waals surface area contributed by atoms with Gasteiger partial charge >= 0.3 is 0 Å². The van der Waals surface area contributed by atoms with E-state index in [1.54, 1.807) is 19.5 Å². The van der Waals surface area contributed by atoms with Crippen molar-refractivity contribution in [2.45, 2.75) is 20.4 Å². The molecule has 0 aliphatic rings.